The average Bonchev–Trinajstić information content (AvgIpc) is 3.21. The van der Waals surface area contributed by atoms with Gasteiger partial charge in [-0.05, 0) is 46.0 Å². The molecular formula is C21H25N5O2. The molecule has 7 heteroatoms. The minimum Gasteiger partial charge on any atom is -0.497 e. The van der Waals surface area contributed by atoms with Crippen LogP contribution in [0.2, 0.25) is 0 Å². The highest BCUT2D eigenvalue weighted by Crippen LogP contribution is 2.41. The van der Waals surface area contributed by atoms with Crippen LogP contribution < -0.4 is 14.8 Å². The monoisotopic (exact) mass is 379 g/mol. The Bertz CT molecular complexity index is 952. The Morgan fingerprint density at radius 3 is 2.54 bits per heavy atom. The molecule has 1 aliphatic heterocycles. The first kappa shape index (κ1) is 18.3. The number of nitrogens with zero attached hydrogens (tertiary/aromatic N) is 4. The van der Waals surface area contributed by atoms with E-state index in [-0.39, 0.29) is 12.1 Å². The van der Waals surface area contributed by atoms with Crippen LogP contribution in [0.5, 0.6) is 11.5 Å². The van der Waals surface area contributed by atoms with Gasteiger partial charge in [0.05, 0.1) is 26.3 Å². The second kappa shape index (κ2) is 7.50. The van der Waals surface area contributed by atoms with Crippen LogP contribution in [-0.4, -0.2) is 34.4 Å². The number of rotatable bonds is 5. The first-order valence-corrected chi connectivity index (χ1v) is 9.47. The number of hydrogen-bond acceptors (Lipinski definition) is 6. The van der Waals surface area contributed by atoms with Crippen LogP contribution in [0.3, 0.4) is 0 Å². The van der Waals surface area contributed by atoms with Crippen molar-refractivity contribution < 1.29 is 9.47 Å². The molecule has 0 unspecified atom stereocenters. The SMILES string of the molecule is COc1ccc([C@H]2C[C@@H](c3ccc(C(C)C)cc3)Nc3nnnn32)c(OC)c1. The summed E-state index contributed by atoms with van der Waals surface area (Å²) < 4.78 is 12.8. The van der Waals surface area contributed by atoms with Gasteiger partial charge in [0.15, 0.2) is 0 Å². The smallest absolute Gasteiger partial charge is 0.243 e. The van der Waals surface area contributed by atoms with E-state index in [1.54, 1.807) is 14.2 Å². The van der Waals surface area contributed by atoms with Crippen LogP contribution in [0, 0.1) is 0 Å². The maximum Gasteiger partial charge on any atom is 0.243 e. The molecule has 2 heterocycles. The maximum atomic E-state index is 5.63. The van der Waals surface area contributed by atoms with Crippen LogP contribution >= 0.6 is 0 Å². The van der Waals surface area contributed by atoms with Gasteiger partial charge >= 0.3 is 0 Å². The minimum absolute atomic E-state index is 0.0399. The van der Waals surface area contributed by atoms with Gasteiger partial charge in [0.25, 0.3) is 0 Å². The van der Waals surface area contributed by atoms with Gasteiger partial charge in [-0.25, -0.2) is 4.68 Å². The van der Waals surface area contributed by atoms with E-state index < -0.39 is 0 Å². The summed E-state index contributed by atoms with van der Waals surface area (Å²) in [6.45, 7) is 4.40. The van der Waals surface area contributed by atoms with Crippen LogP contribution in [0.4, 0.5) is 5.95 Å². The topological polar surface area (TPSA) is 74.1 Å². The molecule has 0 saturated heterocycles. The second-order valence-electron chi connectivity index (χ2n) is 7.32. The van der Waals surface area contributed by atoms with E-state index in [0.29, 0.717) is 11.9 Å². The zero-order valence-corrected chi connectivity index (χ0v) is 16.6. The average molecular weight is 379 g/mol. The summed E-state index contributed by atoms with van der Waals surface area (Å²) in [6, 6.07) is 14.7. The Morgan fingerprint density at radius 2 is 1.86 bits per heavy atom. The van der Waals surface area contributed by atoms with Crippen LogP contribution in [0.1, 0.15) is 55.0 Å². The summed E-state index contributed by atoms with van der Waals surface area (Å²) >= 11 is 0. The molecule has 1 aliphatic rings. The van der Waals surface area contributed by atoms with Crippen molar-refractivity contribution >= 4 is 5.95 Å². The predicted molar refractivity (Wildman–Crippen MR) is 107 cm³/mol. The van der Waals surface area contributed by atoms with E-state index in [2.05, 4.69) is 59.0 Å². The fourth-order valence-corrected chi connectivity index (χ4v) is 3.72. The molecule has 1 aromatic heterocycles. The summed E-state index contributed by atoms with van der Waals surface area (Å²) in [5.41, 5.74) is 3.58. The minimum atomic E-state index is -0.0399. The lowest BCUT2D eigenvalue weighted by Crippen LogP contribution is -2.28. The Hall–Kier alpha value is -3.09. The predicted octanol–water partition coefficient (Wildman–Crippen LogP) is 3.96. The fraction of sp³-hybridized carbons (Fsp3) is 0.381. The van der Waals surface area contributed by atoms with E-state index in [4.69, 9.17) is 9.47 Å². The van der Waals surface area contributed by atoms with Gasteiger partial charge in [0.1, 0.15) is 11.5 Å². The van der Waals surface area contributed by atoms with Crippen molar-refractivity contribution in [2.45, 2.75) is 38.3 Å². The standard InChI is InChI=1S/C21H25N5O2/c1-13(2)14-5-7-15(8-6-14)18-12-19(26-21(22-18)23-24-25-26)17-10-9-16(27-3)11-20(17)28-4/h5-11,13,18-19H,12H2,1-4H3,(H,22,23,25)/t18-,19+/m0/s1. The zero-order valence-electron chi connectivity index (χ0n) is 16.6. The molecule has 2 aromatic carbocycles. The Kier molecular flexibility index (Phi) is 4.90. The second-order valence-corrected chi connectivity index (χ2v) is 7.32. The van der Waals surface area contributed by atoms with Crippen molar-refractivity contribution in [3.63, 3.8) is 0 Å². The third kappa shape index (κ3) is 3.28. The van der Waals surface area contributed by atoms with E-state index in [9.17, 15) is 0 Å². The zero-order chi connectivity index (χ0) is 19.7. The molecule has 0 saturated carbocycles. The third-order valence-corrected chi connectivity index (χ3v) is 5.36. The number of benzene rings is 2. The van der Waals surface area contributed by atoms with Crippen molar-refractivity contribution in [2.24, 2.45) is 0 Å². The van der Waals surface area contributed by atoms with Gasteiger partial charge in [0.2, 0.25) is 5.95 Å². The van der Waals surface area contributed by atoms with E-state index in [1.165, 1.54) is 11.1 Å². The molecule has 0 fully saturated rings. The van der Waals surface area contributed by atoms with Crippen LogP contribution in [0.15, 0.2) is 42.5 Å². The summed E-state index contributed by atoms with van der Waals surface area (Å²) in [6.07, 6.45) is 0.807. The molecule has 28 heavy (non-hydrogen) atoms. The lowest BCUT2D eigenvalue weighted by molar-refractivity contribution is 0.369. The third-order valence-electron chi connectivity index (χ3n) is 5.36. The fourth-order valence-electron chi connectivity index (χ4n) is 3.72. The normalized spacial score (nSPS) is 18.5. The van der Waals surface area contributed by atoms with E-state index in [0.717, 1.165) is 23.5 Å². The van der Waals surface area contributed by atoms with Gasteiger partial charge in [0, 0.05) is 11.6 Å². The van der Waals surface area contributed by atoms with E-state index in [1.807, 2.05) is 22.9 Å². The molecule has 0 aliphatic carbocycles. The van der Waals surface area contributed by atoms with Gasteiger partial charge in [-0.1, -0.05) is 43.2 Å². The number of anilines is 1. The number of fused-ring (bicyclic) bond motifs is 1. The highest BCUT2D eigenvalue weighted by atomic mass is 16.5. The summed E-state index contributed by atoms with van der Waals surface area (Å²) in [5, 5.41) is 15.7. The van der Waals surface area contributed by atoms with Crippen LogP contribution in [0.25, 0.3) is 0 Å². The lowest BCUT2D eigenvalue weighted by atomic mass is 9.91. The molecule has 2 atom stereocenters. The number of aromatic nitrogens is 4. The molecule has 1 N–H and O–H groups in total. The molecule has 4 rings (SSSR count). The largest absolute Gasteiger partial charge is 0.497 e. The van der Waals surface area contributed by atoms with Gasteiger partial charge in [-0.2, -0.15) is 0 Å². The van der Waals surface area contributed by atoms with Gasteiger partial charge in [-0.3, -0.25) is 0 Å². The van der Waals surface area contributed by atoms with Gasteiger partial charge < -0.3 is 14.8 Å². The number of nitrogens with one attached hydrogen (secondary N) is 1. The van der Waals surface area contributed by atoms with E-state index >= 15 is 0 Å². The van der Waals surface area contributed by atoms with Crippen molar-refractivity contribution in [1.29, 1.82) is 0 Å². The van der Waals surface area contributed by atoms with Crippen molar-refractivity contribution in [1.82, 2.24) is 20.2 Å². The summed E-state index contributed by atoms with van der Waals surface area (Å²) in [4.78, 5) is 0. The number of ether oxygens (including phenoxy) is 2. The molecule has 0 bridgehead atoms. The highest BCUT2D eigenvalue weighted by molar-refractivity contribution is 5.46. The van der Waals surface area contributed by atoms with Crippen molar-refractivity contribution in [3.8, 4) is 11.5 Å². The van der Waals surface area contributed by atoms with Gasteiger partial charge in [-0.15, -0.1) is 0 Å². The molecule has 146 valence electrons. The first-order valence-electron chi connectivity index (χ1n) is 9.47. The summed E-state index contributed by atoms with van der Waals surface area (Å²) in [5.74, 6) is 2.69. The molecule has 3 aromatic rings. The number of methoxy groups -OCH3 is 2. The molecule has 0 radical (unpaired) electrons. The Labute approximate surface area is 164 Å². The van der Waals surface area contributed by atoms with Crippen LogP contribution in [-0.2, 0) is 0 Å². The maximum absolute atomic E-state index is 5.63. The lowest BCUT2D eigenvalue weighted by Gasteiger charge is -2.31. The molecule has 7 nitrogen and oxygen atoms in total. The van der Waals surface area contributed by atoms with Crippen molar-refractivity contribution in [2.75, 3.05) is 19.5 Å². The first-order chi connectivity index (χ1) is 13.6. The highest BCUT2D eigenvalue weighted by Gasteiger charge is 2.32. The molecule has 0 spiro atoms. The quantitative estimate of drug-likeness (QED) is 0.723. The number of tetrazole rings is 1. The molecule has 0 amide bonds. The van der Waals surface area contributed by atoms with Crippen molar-refractivity contribution in [3.05, 3.63) is 59.2 Å². The Balaban J connectivity index is 1.70. The number of hydrogen-bond donors (Lipinski definition) is 1. The Morgan fingerprint density at radius 1 is 1.07 bits per heavy atom. The molecular weight excluding hydrogens is 354 g/mol. The summed E-state index contributed by atoms with van der Waals surface area (Å²) in [7, 11) is 3.32.